The molecule has 2 aliphatic rings. The van der Waals surface area contributed by atoms with E-state index in [2.05, 4.69) is 46.0 Å². The molecule has 5 heteroatoms. The van der Waals surface area contributed by atoms with Crippen LogP contribution in [-0.2, 0) is 13.0 Å². The summed E-state index contributed by atoms with van der Waals surface area (Å²) in [6.45, 7) is 15.1. The predicted octanol–water partition coefficient (Wildman–Crippen LogP) is 1.68. The third-order valence-corrected chi connectivity index (χ3v) is 6.48. The third kappa shape index (κ3) is 3.46. The van der Waals surface area contributed by atoms with Gasteiger partial charge in [0.25, 0.3) is 0 Å². The molecule has 2 aromatic rings. The Hall–Kier alpha value is -1.85. The first kappa shape index (κ1) is 19.5. The molecule has 1 fully saturated rings. The number of nitrogens with two attached hydrogens (primary N) is 1. The minimum Gasteiger partial charge on any atom is -0.444 e. The van der Waals surface area contributed by atoms with E-state index in [0.29, 0.717) is 18.4 Å². The number of quaternary nitrogens is 2. The standard InChI is InChI=1S/C23H32N2O3/c1-7-15-9-19(26)28-21-14(2)20-16(8-18(15)21)12-25(13-27-20)17-10-22(3,4)24-23(5,6)11-17/h8-9,17,24H,7,10-13H2,1-6H3/p+2. The number of piperidine rings is 1. The Balaban J connectivity index is 1.71. The molecule has 1 aromatic carbocycles. The fourth-order valence-corrected chi connectivity index (χ4v) is 5.73. The number of benzene rings is 1. The van der Waals surface area contributed by atoms with Crippen LogP contribution in [0.4, 0.5) is 0 Å². The van der Waals surface area contributed by atoms with Gasteiger partial charge in [0.15, 0.2) is 0 Å². The summed E-state index contributed by atoms with van der Waals surface area (Å²) in [5, 5.41) is 3.59. The third-order valence-electron chi connectivity index (χ3n) is 6.48. The quantitative estimate of drug-likeness (QED) is 0.772. The van der Waals surface area contributed by atoms with Gasteiger partial charge in [0.05, 0.1) is 23.9 Å². The largest absolute Gasteiger partial charge is 0.444 e. The van der Waals surface area contributed by atoms with E-state index in [1.54, 1.807) is 6.07 Å². The first-order valence-corrected chi connectivity index (χ1v) is 10.5. The molecule has 2 aliphatic heterocycles. The molecule has 4 rings (SSSR count). The number of hydrogen-bond acceptors (Lipinski definition) is 3. The van der Waals surface area contributed by atoms with Crippen molar-refractivity contribution in [1.29, 1.82) is 0 Å². The van der Waals surface area contributed by atoms with Gasteiger partial charge in [-0.3, -0.25) is 4.90 Å². The average Bonchev–Trinajstić information content (AvgIpc) is 2.59. The van der Waals surface area contributed by atoms with Crippen molar-refractivity contribution in [2.45, 2.75) is 84.5 Å². The summed E-state index contributed by atoms with van der Waals surface area (Å²) < 4.78 is 11.8. The maximum atomic E-state index is 11.9. The number of hydrogen-bond donors (Lipinski definition) is 2. The highest BCUT2D eigenvalue weighted by Crippen LogP contribution is 2.34. The molecule has 0 radical (unpaired) electrons. The van der Waals surface area contributed by atoms with Gasteiger partial charge in [-0.15, -0.1) is 0 Å². The Morgan fingerprint density at radius 3 is 2.50 bits per heavy atom. The molecule has 0 aliphatic carbocycles. The molecule has 0 spiro atoms. The number of nitrogens with one attached hydrogen (secondary N) is 1. The maximum Gasteiger partial charge on any atom is 0.336 e. The van der Waals surface area contributed by atoms with Crippen molar-refractivity contribution >= 4 is 11.0 Å². The molecule has 0 amide bonds. The minimum atomic E-state index is -0.279. The van der Waals surface area contributed by atoms with Crippen LogP contribution in [0, 0.1) is 6.92 Å². The molecule has 1 aromatic heterocycles. The Morgan fingerprint density at radius 1 is 1.18 bits per heavy atom. The summed E-state index contributed by atoms with van der Waals surface area (Å²) in [6, 6.07) is 4.41. The zero-order valence-electron chi connectivity index (χ0n) is 18.1. The SMILES string of the molecule is CCc1cc(=O)oc2c(C)c3c(cc12)C[NH+](C1CC(C)(C)[NH2+]C(C)(C)C1)CO3. The molecular weight excluding hydrogens is 352 g/mol. The number of ether oxygens (including phenoxy) is 1. The van der Waals surface area contributed by atoms with Gasteiger partial charge in [0.1, 0.15) is 23.9 Å². The zero-order chi connectivity index (χ0) is 20.3. The van der Waals surface area contributed by atoms with Gasteiger partial charge in [-0.05, 0) is 52.7 Å². The van der Waals surface area contributed by atoms with E-state index >= 15 is 0 Å². The van der Waals surface area contributed by atoms with Crippen LogP contribution in [-0.4, -0.2) is 23.9 Å². The maximum absolute atomic E-state index is 11.9. The molecule has 152 valence electrons. The molecule has 1 atom stereocenters. The van der Waals surface area contributed by atoms with Gasteiger partial charge in [0.2, 0.25) is 6.73 Å². The monoisotopic (exact) mass is 386 g/mol. The van der Waals surface area contributed by atoms with Crippen LogP contribution in [0.25, 0.3) is 11.0 Å². The van der Waals surface area contributed by atoms with Crippen molar-refractivity contribution in [2.24, 2.45) is 0 Å². The van der Waals surface area contributed by atoms with Crippen LogP contribution in [0.5, 0.6) is 5.75 Å². The Morgan fingerprint density at radius 2 is 1.86 bits per heavy atom. The number of rotatable bonds is 2. The first-order valence-electron chi connectivity index (χ1n) is 10.5. The lowest BCUT2D eigenvalue weighted by Crippen LogP contribution is -3.20. The first-order chi connectivity index (χ1) is 13.1. The van der Waals surface area contributed by atoms with E-state index in [-0.39, 0.29) is 16.7 Å². The molecule has 3 heterocycles. The van der Waals surface area contributed by atoms with Crippen LogP contribution in [0.2, 0.25) is 0 Å². The van der Waals surface area contributed by atoms with Crippen LogP contribution in [0.3, 0.4) is 0 Å². The molecule has 5 nitrogen and oxygen atoms in total. The summed E-state index contributed by atoms with van der Waals surface area (Å²) in [5.41, 5.74) is 4.14. The highest BCUT2D eigenvalue weighted by atomic mass is 16.5. The second-order valence-corrected chi connectivity index (χ2v) is 10.2. The molecule has 3 N–H and O–H groups in total. The average molecular weight is 387 g/mol. The molecule has 28 heavy (non-hydrogen) atoms. The van der Waals surface area contributed by atoms with Gasteiger partial charge in [-0.25, -0.2) is 4.79 Å². The van der Waals surface area contributed by atoms with Crippen molar-refractivity contribution in [1.82, 2.24) is 0 Å². The fraction of sp³-hybridized carbons (Fsp3) is 0.609. The van der Waals surface area contributed by atoms with Crippen LogP contribution in [0.1, 0.15) is 64.2 Å². The van der Waals surface area contributed by atoms with E-state index in [9.17, 15) is 4.79 Å². The Kier molecular flexibility index (Phi) is 4.59. The highest BCUT2D eigenvalue weighted by molar-refractivity contribution is 5.86. The van der Waals surface area contributed by atoms with Crippen LogP contribution >= 0.6 is 0 Å². The molecule has 1 saturated heterocycles. The van der Waals surface area contributed by atoms with E-state index in [0.717, 1.165) is 35.2 Å². The van der Waals surface area contributed by atoms with E-state index in [1.807, 2.05) is 6.92 Å². The van der Waals surface area contributed by atoms with E-state index in [4.69, 9.17) is 9.15 Å². The van der Waals surface area contributed by atoms with Crippen LogP contribution < -0.4 is 20.6 Å². The summed E-state index contributed by atoms with van der Waals surface area (Å²) in [5.74, 6) is 0.911. The zero-order valence-corrected chi connectivity index (χ0v) is 18.1. The number of fused-ring (bicyclic) bond motifs is 2. The number of aryl methyl sites for hydroxylation is 2. The van der Waals surface area contributed by atoms with E-state index in [1.165, 1.54) is 23.3 Å². The summed E-state index contributed by atoms with van der Waals surface area (Å²) in [4.78, 5) is 13.5. The fourth-order valence-electron chi connectivity index (χ4n) is 5.73. The highest BCUT2D eigenvalue weighted by Gasteiger charge is 2.46. The van der Waals surface area contributed by atoms with Crippen molar-refractivity contribution < 1.29 is 19.4 Å². The van der Waals surface area contributed by atoms with Crippen LogP contribution in [0.15, 0.2) is 21.3 Å². The van der Waals surface area contributed by atoms with E-state index < -0.39 is 0 Å². The van der Waals surface area contributed by atoms with Crippen molar-refractivity contribution in [3.63, 3.8) is 0 Å². The molecule has 1 unspecified atom stereocenters. The Bertz CT molecular complexity index is 958. The topological polar surface area (TPSA) is 60.5 Å². The second kappa shape index (κ2) is 6.60. The minimum absolute atomic E-state index is 0.248. The van der Waals surface area contributed by atoms with Gasteiger partial charge in [-0.2, -0.15) is 0 Å². The summed E-state index contributed by atoms with van der Waals surface area (Å²) in [6.07, 6.45) is 3.19. The second-order valence-electron chi connectivity index (χ2n) is 10.2. The predicted molar refractivity (Wildman–Crippen MR) is 110 cm³/mol. The lowest BCUT2D eigenvalue weighted by molar-refractivity contribution is -0.969. The van der Waals surface area contributed by atoms with Crippen molar-refractivity contribution in [3.05, 3.63) is 39.2 Å². The van der Waals surface area contributed by atoms with Gasteiger partial charge in [0, 0.05) is 22.6 Å². The Labute approximate surface area is 167 Å². The van der Waals surface area contributed by atoms with Gasteiger partial charge >= 0.3 is 5.63 Å². The lowest BCUT2D eigenvalue weighted by Gasteiger charge is -2.45. The van der Waals surface area contributed by atoms with Gasteiger partial charge < -0.3 is 14.5 Å². The summed E-state index contributed by atoms with van der Waals surface area (Å²) in [7, 11) is 0. The van der Waals surface area contributed by atoms with Gasteiger partial charge in [-0.1, -0.05) is 6.92 Å². The molecule has 0 saturated carbocycles. The normalized spacial score (nSPS) is 24.0. The van der Waals surface area contributed by atoms with Crippen molar-refractivity contribution in [2.75, 3.05) is 6.73 Å². The smallest absolute Gasteiger partial charge is 0.336 e. The molecule has 0 bridgehead atoms. The molecular formula is C23H34N2O3+2. The summed E-state index contributed by atoms with van der Waals surface area (Å²) >= 11 is 0. The van der Waals surface area contributed by atoms with Crippen molar-refractivity contribution in [3.8, 4) is 5.75 Å². The lowest BCUT2D eigenvalue weighted by atomic mass is 9.79.